The zero-order chi connectivity index (χ0) is 15.3. The molecular weight excluding hydrogens is 271 g/mol. The fraction of sp³-hybridized carbons (Fsp3) is 0.667. The lowest BCUT2D eigenvalue weighted by Gasteiger charge is -2.25. The Kier molecular flexibility index (Phi) is 5.55. The number of halogens is 3. The number of nitrogen functional groups attached to an aromatic ring is 1. The molecule has 0 aromatic carbocycles. The van der Waals surface area contributed by atoms with Gasteiger partial charge in [-0.3, -0.25) is 0 Å². The van der Waals surface area contributed by atoms with Gasteiger partial charge in [-0.25, -0.2) is 4.98 Å². The van der Waals surface area contributed by atoms with E-state index in [2.05, 4.69) is 9.97 Å². The predicted octanol–water partition coefficient (Wildman–Crippen LogP) is 1.86. The molecule has 0 radical (unpaired) electrons. The number of alkyl halides is 3. The smallest absolute Gasteiger partial charge is 0.368 e. The Morgan fingerprint density at radius 1 is 1.15 bits per heavy atom. The summed E-state index contributed by atoms with van der Waals surface area (Å²) in [7, 11) is 3.80. The van der Waals surface area contributed by atoms with Gasteiger partial charge in [0.15, 0.2) is 5.69 Å². The maximum absolute atomic E-state index is 12.7. The van der Waals surface area contributed by atoms with E-state index in [-0.39, 0.29) is 11.8 Å². The lowest BCUT2D eigenvalue weighted by molar-refractivity contribution is -0.141. The highest BCUT2D eigenvalue weighted by atomic mass is 19.4. The van der Waals surface area contributed by atoms with Crippen LogP contribution < -0.4 is 10.6 Å². The van der Waals surface area contributed by atoms with Crippen LogP contribution in [0.3, 0.4) is 0 Å². The molecule has 114 valence electrons. The van der Waals surface area contributed by atoms with Crippen LogP contribution in [0.4, 0.5) is 24.9 Å². The Balaban J connectivity index is 3.03. The van der Waals surface area contributed by atoms with Crippen LogP contribution in [0, 0.1) is 0 Å². The van der Waals surface area contributed by atoms with E-state index < -0.39 is 11.9 Å². The average Bonchev–Trinajstić information content (AvgIpc) is 2.32. The fourth-order valence-electron chi connectivity index (χ4n) is 1.69. The molecule has 1 aromatic heterocycles. The third-order valence-electron chi connectivity index (χ3n) is 2.66. The van der Waals surface area contributed by atoms with Crippen LogP contribution in [0.2, 0.25) is 0 Å². The highest BCUT2D eigenvalue weighted by molar-refractivity contribution is 5.44. The van der Waals surface area contributed by atoms with Gasteiger partial charge >= 0.3 is 6.18 Å². The molecule has 1 aromatic rings. The molecule has 20 heavy (non-hydrogen) atoms. The number of nitrogens with two attached hydrogens (primary N) is 1. The molecule has 1 rings (SSSR count). The maximum atomic E-state index is 12.7. The number of aromatic nitrogens is 2. The highest BCUT2D eigenvalue weighted by Gasteiger charge is 2.34. The van der Waals surface area contributed by atoms with Crippen molar-refractivity contribution in [3.63, 3.8) is 0 Å². The lowest BCUT2D eigenvalue weighted by Crippen LogP contribution is -2.33. The molecule has 0 aliphatic carbocycles. The zero-order valence-electron chi connectivity index (χ0n) is 11.9. The van der Waals surface area contributed by atoms with Crippen molar-refractivity contribution >= 4 is 11.8 Å². The molecule has 8 heteroatoms. The summed E-state index contributed by atoms with van der Waals surface area (Å²) in [6, 6.07) is 0.946. The summed E-state index contributed by atoms with van der Waals surface area (Å²) in [5.74, 6) is -0.144. The average molecular weight is 291 g/mol. The van der Waals surface area contributed by atoms with E-state index in [1.807, 2.05) is 25.9 Å². The van der Waals surface area contributed by atoms with E-state index in [4.69, 9.17) is 5.73 Å². The number of likely N-dealkylation sites (N-methyl/N-ethyl adjacent to an activating group) is 1. The van der Waals surface area contributed by atoms with Gasteiger partial charge in [0.25, 0.3) is 0 Å². The number of hydrogen-bond acceptors (Lipinski definition) is 5. The molecule has 0 fully saturated rings. The highest BCUT2D eigenvalue weighted by Crippen LogP contribution is 2.30. The largest absolute Gasteiger partial charge is 0.433 e. The summed E-state index contributed by atoms with van der Waals surface area (Å²) in [6.07, 6.45) is -3.72. The second-order valence-electron chi connectivity index (χ2n) is 4.76. The topological polar surface area (TPSA) is 58.3 Å². The van der Waals surface area contributed by atoms with Gasteiger partial charge in [-0.15, -0.1) is 0 Å². The van der Waals surface area contributed by atoms with Crippen LogP contribution in [0.25, 0.3) is 0 Å². The first kappa shape index (κ1) is 16.5. The molecule has 0 aliphatic heterocycles. The van der Waals surface area contributed by atoms with E-state index in [0.717, 1.165) is 12.5 Å². The van der Waals surface area contributed by atoms with E-state index in [1.165, 1.54) is 0 Å². The fourth-order valence-corrected chi connectivity index (χ4v) is 1.69. The zero-order valence-corrected chi connectivity index (χ0v) is 11.9. The van der Waals surface area contributed by atoms with Gasteiger partial charge in [0.2, 0.25) is 5.95 Å². The van der Waals surface area contributed by atoms with E-state index >= 15 is 0 Å². The second-order valence-corrected chi connectivity index (χ2v) is 4.76. The van der Waals surface area contributed by atoms with Gasteiger partial charge in [-0.2, -0.15) is 18.2 Å². The Hall–Kier alpha value is -1.57. The van der Waals surface area contributed by atoms with Crippen molar-refractivity contribution in [2.24, 2.45) is 0 Å². The molecule has 2 N–H and O–H groups in total. The summed E-state index contributed by atoms with van der Waals surface area (Å²) in [6.45, 7) is 3.86. The van der Waals surface area contributed by atoms with Crippen molar-refractivity contribution in [2.75, 3.05) is 44.4 Å². The Bertz CT molecular complexity index is 434. The van der Waals surface area contributed by atoms with Crippen molar-refractivity contribution in [1.29, 1.82) is 0 Å². The molecule has 0 saturated heterocycles. The lowest BCUT2D eigenvalue weighted by atomic mass is 10.3. The summed E-state index contributed by atoms with van der Waals surface area (Å²) in [5, 5.41) is 0. The molecular formula is C12H20F3N5. The molecule has 0 atom stereocenters. The summed E-state index contributed by atoms with van der Waals surface area (Å²) < 4.78 is 38.2. The predicted molar refractivity (Wildman–Crippen MR) is 72.5 cm³/mol. The molecule has 0 spiro atoms. The number of anilines is 2. The SMILES string of the molecule is CCCN(CCN(C)C)c1cc(C(F)(F)F)nc(N)n1. The third-order valence-corrected chi connectivity index (χ3v) is 2.66. The van der Waals surface area contributed by atoms with E-state index in [9.17, 15) is 13.2 Å². The van der Waals surface area contributed by atoms with Gasteiger partial charge in [0, 0.05) is 25.7 Å². The second kappa shape index (κ2) is 6.74. The Morgan fingerprint density at radius 2 is 1.80 bits per heavy atom. The van der Waals surface area contributed by atoms with Gasteiger partial charge in [-0.1, -0.05) is 6.92 Å². The molecule has 1 heterocycles. The first-order valence-electron chi connectivity index (χ1n) is 6.35. The Morgan fingerprint density at radius 3 is 2.30 bits per heavy atom. The third kappa shape index (κ3) is 4.84. The van der Waals surface area contributed by atoms with Crippen molar-refractivity contribution < 1.29 is 13.2 Å². The van der Waals surface area contributed by atoms with E-state index in [0.29, 0.717) is 19.6 Å². The van der Waals surface area contributed by atoms with Crippen molar-refractivity contribution in [2.45, 2.75) is 19.5 Å². The van der Waals surface area contributed by atoms with Crippen LogP contribution in [-0.2, 0) is 6.18 Å². The maximum Gasteiger partial charge on any atom is 0.433 e. The molecule has 0 bridgehead atoms. The first-order chi connectivity index (χ1) is 9.24. The molecule has 0 saturated carbocycles. The van der Waals surface area contributed by atoms with Crippen LogP contribution in [0.1, 0.15) is 19.0 Å². The molecule has 0 unspecified atom stereocenters. The van der Waals surface area contributed by atoms with Gasteiger partial charge in [-0.05, 0) is 20.5 Å². The van der Waals surface area contributed by atoms with Crippen molar-refractivity contribution in [3.8, 4) is 0 Å². The standard InChI is InChI=1S/C12H20F3N5/c1-4-5-20(7-6-19(2)3)10-8-9(12(13,14)15)17-11(16)18-10/h8H,4-7H2,1-3H3,(H2,16,17,18). The molecule has 0 amide bonds. The minimum Gasteiger partial charge on any atom is -0.368 e. The first-order valence-corrected chi connectivity index (χ1v) is 6.35. The summed E-state index contributed by atoms with van der Waals surface area (Å²) >= 11 is 0. The minimum atomic E-state index is -4.52. The number of rotatable bonds is 6. The van der Waals surface area contributed by atoms with Crippen LogP contribution in [0.5, 0.6) is 0 Å². The van der Waals surface area contributed by atoms with Crippen molar-refractivity contribution in [3.05, 3.63) is 11.8 Å². The van der Waals surface area contributed by atoms with E-state index in [1.54, 1.807) is 4.90 Å². The Labute approximate surface area is 116 Å². The van der Waals surface area contributed by atoms with Crippen LogP contribution in [-0.4, -0.2) is 48.6 Å². The summed E-state index contributed by atoms with van der Waals surface area (Å²) in [5.41, 5.74) is 4.38. The van der Waals surface area contributed by atoms with Crippen molar-refractivity contribution in [1.82, 2.24) is 14.9 Å². The molecule has 5 nitrogen and oxygen atoms in total. The molecule has 0 aliphatic rings. The quantitative estimate of drug-likeness (QED) is 0.867. The summed E-state index contributed by atoms with van der Waals surface area (Å²) in [4.78, 5) is 10.9. The van der Waals surface area contributed by atoms with Gasteiger partial charge in [0.1, 0.15) is 5.82 Å². The number of hydrogen-bond donors (Lipinski definition) is 1. The minimum absolute atomic E-state index is 0.216. The van der Waals surface area contributed by atoms with Crippen LogP contribution >= 0.6 is 0 Å². The van der Waals surface area contributed by atoms with Crippen LogP contribution in [0.15, 0.2) is 6.07 Å². The van der Waals surface area contributed by atoms with Gasteiger partial charge in [0.05, 0.1) is 0 Å². The van der Waals surface area contributed by atoms with Gasteiger partial charge < -0.3 is 15.5 Å². The number of nitrogens with zero attached hydrogens (tertiary/aromatic N) is 4. The normalized spacial score (nSPS) is 11.9. The monoisotopic (exact) mass is 291 g/mol.